The lowest BCUT2D eigenvalue weighted by atomic mass is 9.93. The summed E-state index contributed by atoms with van der Waals surface area (Å²) in [6.45, 7) is 3.36. The Bertz CT molecular complexity index is 668. The van der Waals surface area contributed by atoms with Crippen molar-refractivity contribution >= 4 is 15.9 Å². The molecule has 0 saturated carbocycles. The number of aryl methyl sites for hydroxylation is 1. The van der Waals surface area contributed by atoms with Crippen molar-refractivity contribution in [3.05, 3.63) is 45.8 Å². The van der Waals surface area contributed by atoms with Gasteiger partial charge in [0.25, 0.3) is 0 Å². The van der Waals surface area contributed by atoms with E-state index in [1.165, 1.54) is 5.56 Å². The van der Waals surface area contributed by atoms with Crippen LogP contribution in [0.1, 0.15) is 42.7 Å². The predicted octanol–water partition coefficient (Wildman–Crippen LogP) is 4.62. The first kappa shape index (κ1) is 16.4. The zero-order chi connectivity index (χ0) is 16.2. The summed E-state index contributed by atoms with van der Waals surface area (Å²) >= 11 is 3.57. The van der Waals surface area contributed by atoms with E-state index in [-0.39, 0.29) is 0 Å². The molecule has 0 fully saturated rings. The Hall–Kier alpha value is -1.46. The highest BCUT2D eigenvalue weighted by molar-refractivity contribution is 9.10. The van der Waals surface area contributed by atoms with Crippen LogP contribution in [-0.2, 0) is 13.0 Å². The van der Waals surface area contributed by atoms with Crippen LogP contribution in [0.25, 0.3) is 0 Å². The summed E-state index contributed by atoms with van der Waals surface area (Å²) in [5.74, 6) is 2.64. The van der Waals surface area contributed by atoms with Crippen LogP contribution in [0.3, 0.4) is 0 Å². The zero-order valence-corrected chi connectivity index (χ0v) is 15.1. The molecule has 124 valence electrons. The van der Waals surface area contributed by atoms with Crippen molar-refractivity contribution in [2.75, 3.05) is 13.7 Å². The minimum Gasteiger partial charge on any atom is -0.492 e. The number of benzene rings is 1. The molecule has 1 heterocycles. The van der Waals surface area contributed by atoms with Gasteiger partial charge < -0.3 is 19.2 Å². The van der Waals surface area contributed by atoms with Crippen molar-refractivity contribution in [2.24, 2.45) is 0 Å². The average Bonchev–Trinajstić information content (AvgIpc) is 3.02. The van der Waals surface area contributed by atoms with Gasteiger partial charge in [-0.1, -0.05) is 0 Å². The first-order chi connectivity index (χ1) is 11.2. The maximum absolute atomic E-state index is 5.69. The highest BCUT2D eigenvalue weighted by atomic mass is 79.9. The van der Waals surface area contributed by atoms with Crippen molar-refractivity contribution in [2.45, 2.75) is 38.8 Å². The Morgan fingerprint density at radius 1 is 1.39 bits per heavy atom. The van der Waals surface area contributed by atoms with Crippen LogP contribution in [0, 0.1) is 0 Å². The Morgan fingerprint density at radius 2 is 2.26 bits per heavy atom. The van der Waals surface area contributed by atoms with E-state index < -0.39 is 0 Å². The number of hydrogen-bond acceptors (Lipinski definition) is 4. The highest BCUT2D eigenvalue weighted by Gasteiger charge is 2.22. The number of nitrogens with one attached hydrogen (secondary N) is 1. The van der Waals surface area contributed by atoms with Gasteiger partial charge in [0, 0.05) is 24.6 Å². The smallest absolute Gasteiger partial charge is 0.174 e. The lowest BCUT2D eigenvalue weighted by Crippen LogP contribution is -2.24. The summed E-state index contributed by atoms with van der Waals surface area (Å²) < 4.78 is 17.6. The predicted molar refractivity (Wildman–Crippen MR) is 93.1 cm³/mol. The minimum absolute atomic E-state index is 0.355. The van der Waals surface area contributed by atoms with Crippen molar-refractivity contribution in [1.82, 2.24) is 5.32 Å². The molecule has 1 N–H and O–H groups in total. The van der Waals surface area contributed by atoms with E-state index in [2.05, 4.69) is 33.4 Å². The Kier molecular flexibility index (Phi) is 5.28. The van der Waals surface area contributed by atoms with Gasteiger partial charge in [-0.05, 0) is 59.5 Å². The van der Waals surface area contributed by atoms with Crippen LogP contribution in [0.4, 0.5) is 0 Å². The topological polar surface area (TPSA) is 43.6 Å². The molecule has 0 amide bonds. The van der Waals surface area contributed by atoms with Crippen LogP contribution in [0.2, 0.25) is 0 Å². The van der Waals surface area contributed by atoms with E-state index in [9.17, 15) is 0 Å². The molecule has 0 radical (unpaired) electrons. The largest absolute Gasteiger partial charge is 0.492 e. The monoisotopic (exact) mass is 379 g/mol. The zero-order valence-electron chi connectivity index (χ0n) is 13.5. The molecule has 1 atom stereocenters. The molecule has 0 aliphatic heterocycles. The summed E-state index contributed by atoms with van der Waals surface area (Å²) in [6.07, 6.45) is 5.14. The van der Waals surface area contributed by atoms with Gasteiger partial charge in [0.15, 0.2) is 11.5 Å². The molecule has 1 aromatic heterocycles. The Morgan fingerprint density at radius 3 is 3.04 bits per heavy atom. The molecule has 2 aromatic rings. The summed E-state index contributed by atoms with van der Waals surface area (Å²) in [5.41, 5.74) is 2.46. The fraction of sp³-hybridized carbons (Fsp3) is 0.444. The number of ether oxygens (including phenoxy) is 2. The molecule has 0 spiro atoms. The standard InChI is InChI=1S/C18H22BrNO3/c1-3-22-17-10-12(9-14(19)18(17)21-2)11-20-15-5-4-6-16-13(15)7-8-23-16/h7-10,15,20H,3-6,11H2,1-2H3. The number of methoxy groups -OCH3 is 1. The van der Waals surface area contributed by atoms with Crippen LogP contribution < -0.4 is 14.8 Å². The second-order valence-corrected chi connectivity index (χ2v) is 6.52. The van der Waals surface area contributed by atoms with E-state index in [1.807, 2.05) is 13.0 Å². The third kappa shape index (κ3) is 3.56. The fourth-order valence-corrected chi connectivity index (χ4v) is 3.78. The average molecular weight is 380 g/mol. The first-order valence-corrected chi connectivity index (χ1v) is 8.81. The molecule has 0 bridgehead atoms. The van der Waals surface area contributed by atoms with Crippen LogP contribution >= 0.6 is 15.9 Å². The van der Waals surface area contributed by atoms with Gasteiger partial charge in [-0.3, -0.25) is 0 Å². The summed E-state index contributed by atoms with van der Waals surface area (Å²) in [6, 6.07) is 6.56. The second kappa shape index (κ2) is 7.41. The fourth-order valence-electron chi connectivity index (χ4n) is 3.12. The van der Waals surface area contributed by atoms with E-state index >= 15 is 0 Å². The summed E-state index contributed by atoms with van der Waals surface area (Å²) in [7, 11) is 1.66. The maximum atomic E-state index is 5.69. The quantitative estimate of drug-likeness (QED) is 0.795. The van der Waals surface area contributed by atoms with Gasteiger partial charge in [-0.2, -0.15) is 0 Å². The van der Waals surface area contributed by atoms with E-state index in [0.717, 1.165) is 53.1 Å². The maximum Gasteiger partial charge on any atom is 0.174 e. The van der Waals surface area contributed by atoms with Crippen molar-refractivity contribution < 1.29 is 13.9 Å². The third-order valence-electron chi connectivity index (χ3n) is 4.18. The minimum atomic E-state index is 0.355. The normalized spacial score (nSPS) is 16.9. The van der Waals surface area contributed by atoms with Gasteiger partial charge in [0.2, 0.25) is 0 Å². The summed E-state index contributed by atoms with van der Waals surface area (Å²) in [4.78, 5) is 0. The first-order valence-electron chi connectivity index (χ1n) is 8.01. The highest BCUT2D eigenvalue weighted by Crippen LogP contribution is 2.37. The van der Waals surface area contributed by atoms with Gasteiger partial charge in [-0.25, -0.2) is 0 Å². The van der Waals surface area contributed by atoms with Crippen molar-refractivity contribution in [3.63, 3.8) is 0 Å². The third-order valence-corrected chi connectivity index (χ3v) is 4.77. The number of hydrogen-bond donors (Lipinski definition) is 1. The lowest BCUT2D eigenvalue weighted by Gasteiger charge is -2.23. The number of halogens is 1. The summed E-state index contributed by atoms with van der Waals surface area (Å²) in [5, 5.41) is 3.64. The number of furan rings is 1. The second-order valence-electron chi connectivity index (χ2n) is 5.67. The van der Waals surface area contributed by atoms with Crippen LogP contribution in [-0.4, -0.2) is 13.7 Å². The van der Waals surface area contributed by atoms with Gasteiger partial charge in [-0.15, -0.1) is 0 Å². The van der Waals surface area contributed by atoms with Crippen molar-refractivity contribution in [1.29, 1.82) is 0 Å². The SMILES string of the molecule is CCOc1cc(CNC2CCCc3occc32)cc(Br)c1OC. The molecule has 0 saturated heterocycles. The Balaban J connectivity index is 1.74. The van der Waals surface area contributed by atoms with Crippen LogP contribution in [0.5, 0.6) is 11.5 Å². The Labute approximate surface area is 145 Å². The molecular formula is C18H22BrNO3. The molecule has 1 aromatic carbocycles. The molecule has 1 aliphatic carbocycles. The van der Waals surface area contributed by atoms with Gasteiger partial charge in [0.05, 0.1) is 24.5 Å². The molecule has 3 rings (SSSR count). The number of fused-ring (bicyclic) bond motifs is 1. The lowest BCUT2D eigenvalue weighted by molar-refractivity contribution is 0.309. The van der Waals surface area contributed by atoms with Crippen molar-refractivity contribution in [3.8, 4) is 11.5 Å². The number of rotatable bonds is 6. The molecule has 23 heavy (non-hydrogen) atoms. The van der Waals surface area contributed by atoms with Gasteiger partial charge >= 0.3 is 0 Å². The van der Waals surface area contributed by atoms with E-state index in [4.69, 9.17) is 13.9 Å². The molecule has 4 nitrogen and oxygen atoms in total. The van der Waals surface area contributed by atoms with Crippen LogP contribution in [0.15, 0.2) is 33.4 Å². The molecule has 1 unspecified atom stereocenters. The van der Waals surface area contributed by atoms with Gasteiger partial charge in [0.1, 0.15) is 5.76 Å². The molecular weight excluding hydrogens is 358 g/mol. The van der Waals surface area contributed by atoms with E-state index in [0.29, 0.717) is 12.6 Å². The molecule has 1 aliphatic rings. The van der Waals surface area contributed by atoms with E-state index in [1.54, 1.807) is 13.4 Å². The molecule has 5 heteroatoms.